The van der Waals surface area contributed by atoms with Crippen LogP contribution >= 0.6 is 23.2 Å². The fourth-order valence-electron chi connectivity index (χ4n) is 1.83. The second-order valence-electron chi connectivity index (χ2n) is 4.56. The molecule has 1 aromatic carbocycles. The molecular formula is C14H13Cl2N3O3. The predicted molar refractivity (Wildman–Crippen MR) is 82.2 cm³/mol. The number of aromatic nitrogens is 2. The average molecular weight is 342 g/mol. The van der Waals surface area contributed by atoms with E-state index in [0.29, 0.717) is 21.8 Å². The lowest BCUT2D eigenvalue weighted by atomic mass is 10.1. The number of hydrogen-bond acceptors (Lipinski definition) is 5. The Hall–Kier alpha value is -1.89. The van der Waals surface area contributed by atoms with Crippen LogP contribution in [0.3, 0.4) is 0 Å². The summed E-state index contributed by atoms with van der Waals surface area (Å²) in [5, 5.41) is 4.72. The number of carbonyl (C=O) groups is 2. The molecule has 0 aliphatic rings. The topological polar surface area (TPSA) is 73.2 Å². The summed E-state index contributed by atoms with van der Waals surface area (Å²) in [5.74, 6) is -0.932. The number of carbonyl (C=O) groups excluding carboxylic acids is 2. The maximum atomic E-state index is 12.0. The van der Waals surface area contributed by atoms with E-state index in [0.717, 1.165) is 0 Å². The first-order valence-corrected chi connectivity index (χ1v) is 7.06. The summed E-state index contributed by atoms with van der Waals surface area (Å²) < 4.78 is 1.50. The van der Waals surface area contributed by atoms with Crippen LogP contribution in [0.15, 0.2) is 24.4 Å². The van der Waals surface area contributed by atoms with Crippen molar-refractivity contribution in [1.82, 2.24) is 15.3 Å². The van der Waals surface area contributed by atoms with Gasteiger partial charge < -0.3 is 4.84 Å². The molecule has 0 atom stereocenters. The third-order valence-electron chi connectivity index (χ3n) is 2.86. The summed E-state index contributed by atoms with van der Waals surface area (Å²) in [5.41, 5.74) is 3.50. The van der Waals surface area contributed by atoms with Crippen LogP contribution in [0.25, 0.3) is 0 Å². The normalized spacial score (nSPS) is 10.5. The maximum Gasteiger partial charge on any atom is 0.360 e. The van der Waals surface area contributed by atoms with Crippen molar-refractivity contribution in [2.75, 3.05) is 6.54 Å². The quantitative estimate of drug-likeness (QED) is 0.668. The average Bonchev–Trinajstić information content (AvgIpc) is 2.77. The van der Waals surface area contributed by atoms with Crippen molar-refractivity contribution >= 4 is 35.0 Å². The summed E-state index contributed by atoms with van der Waals surface area (Å²) in [6.45, 7) is 1.49. The van der Waals surface area contributed by atoms with Gasteiger partial charge in [0.1, 0.15) is 5.56 Å². The van der Waals surface area contributed by atoms with Gasteiger partial charge in [-0.15, -0.1) is 5.48 Å². The summed E-state index contributed by atoms with van der Waals surface area (Å²) in [6.07, 6.45) is 1.54. The van der Waals surface area contributed by atoms with Crippen molar-refractivity contribution in [3.63, 3.8) is 0 Å². The Morgan fingerprint density at radius 2 is 2.05 bits per heavy atom. The van der Waals surface area contributed by atoms with Gasteiger partial charge in [0.25, 0.3) is 0 Å². The summed E-state index contributed by atoms with van der Waals surface area (Å²) in [4.78, 5) is 28.6. The first kappa shape index (κ1) is 16.5. The van der Waals surface area contributed by atoms with Crippen molar-refractivity contribution in [3.8, 4) is 0 Å². The monoisotopic (exact) mass is 341 g/mol. The summed E-state index contributed by atoms with van der Waals surface area (Å²) in [6, 6.07) is 4.55. The zero-order valence-corrected chi connectivity index (χ0v) is 13.4. The molecule has 2 rings (SSSR count). The van der Waals surface area contributed by atoms with E-state index in [1.54, 1.807) is 20.0 Å². The van der Waals surface area contributed by atoms with E-state index in [-0.39, 0.29) is 17.4 Å². The highest BCUT2D eigenvalue weighted by molar-refractivity contribution is 6.36. The molecule has 0 radical (unpaired) electrons. The Morgan fingerprint density at radius 3 is 2.64 bits per heavy atom. The van der Waals surface area contributed by atoms with E-state index >= 15 is 0 Å². The summed E-state index contributed by atoms with van der Waals surface area (Å²) in [7, 11) is 1.70. The van der Waals surface area contributed by atoms with Gasteiger partial charge in [-0.2, -0.15) is 5.10 Å². The fourth-order valence-corrected chi connectivity index (χ4v) is 2.35. The lowest BCUT2D eigenvalue weighted by molar-refractivity contribution is 0.0258. The molecule has 8 heteroatoms. The molecule has 2 aromatic rings. The first-order chi connectivity index (χ1) is 10.4. The second kappa shape index (κ2) is 6.91. The second-order valence-corrected chi connectivity index (χ2v) is 5.40. The number of hydrogen-bond donors (Lipinski definition) is 1. The molecular weight excluding hydrogens is 329 g/mol. The Morgan fingerprint density at radius 1 is 1.32 bits per heavy atom. The fraction of sp³-hybridized carbons (Fsp3) is 0.214. The molecule has 0 spiro atoms. The van der Waals surface area contributed by atoms with Gasteiger partial charge in [0, 0.05) is 23.8 Å². The predicted octanol–water partition coefficient (Wildman–Crippen LogP) is 2.58. The van der Waals surface area contributed by atoms with Crippen LogP contribution in [0.4, 0.5) is 0 Å². The van der Waals surface area contributed by atoms with Gasteiger partial charge in [-0.3, -0.25) is 9.48 Å². The lowest BCUT2D eigenvalue weighted by Gasteiger charge is -2.06. The number of halogens is 2. The zero-order chi connectivity index (χ0) is 16.3. The standard InChI is InChI=1S/C14H13Cl2N3O3/c1-8-11(7-19(2)18-8)14(21)22-17-6-13(20)10-4-3-9(15)5-12(10)16/h3-5,7,17H,6H2,1-2H3. The van der Waals surface area contributed by atoms with Gasteiger partial charge in [-0.25, -0.2) is 4.79 Å². The van der Waals surface area contributed by atoms with Crippen LogP contribution in [0.2, 0.25) is 10.0 Å². The lowest BCUT2D eigenvalue weighted by Crippen LogP contribution is -2.26. The van der Waals surface area contributed by atoms with Crippen LogP contribution in [0.1, 0.15) is 26.4 Å². The third kappa shape index (κ3) is 3.85. The van der Waals surface area contributed by atoms with Crippen LogP contribution in [0, 0.1) is 6.92 Å². The van der Waals surface area contributed by atoms with Crippen molar-refractivity contribution in [2.24, 2.45) is 7.05 Å². The highest BCUT2D eigenvalue weighted by atomic mass is 35.5. The molecule has 22 heavy (non-hydrogen) atoms. The number of rotatable bonds is 5. The van der Waals surface area contributed by atoms with Gasteiger partial charge in [0.15, 0.2) is 5.78 Å². The molecule has 0 amide bonds. The summed E-state index contributed by atoms with van der Waals surface area (Å²) >= 11 is 11.7. The van der Waals surface area contributed by atoms with Gasteiger partial charge in [-0.05, 0) is 25.1 Å². The number of benzene rings is 1. The highest BCUT2D eigenvalue weighted by Crippen LogP contribution is 2.21. The molecule has 1 aromatic heterocycles. The van der Waals surface area contributed by atoms with Crippen molar-refractivity contribution in [3.05, 3.63) is 51.3 Å². The van der Waals surface area contributed by atoms with E-state index in [2.05, 4.69) is 10.6 Å². The van der Waals surface area contributed by atoms with Crippen molar-refractivity contribution in [2.45, 2.75) is 6.92 Å². The molecule has 6 nitrogen and oxygen atoms in total. The van der Waals surface area contributed by atoms with E-state index in [1.165, 1.54) is 23.0 Å². The molecule has 0 saturated heterocycles. The molecule has 1 N–H and O–H groups in total. The molecule has 0 fully saturated rings. The van der Waals surface area contributed by atoms with E-state index < -0.39 is 5.97 Å². The Labute approximate surface area is 136 Å². The van der Waals surface area contributed by atoms with E-state index in [1.807, 2.05) is 0 Å². The van der Waals surface area contributed by atoms with Crippen molar-refractivity contribution < 1.29 is 14.4 Å². The molecule has 116 valence electrons. The molecule has 0 aliphatic heterocycles. The van der Waals surface area contributed by atoms with E-state index in [9.17, 15) is 9.59 Å². The minimum Gasteiger partial charge on any atom is -0.366 e. The minimum absolute atomic E-state index is 0.202. The van der Waals surface area contributed by atoms with Crippen molar-refractivity contribution in [1.29, 1.82) is 0 Å². The number of hydroxylamine groups is 1. The zero-order valence-electron chi connectivity index (χ0n) is 11.9. The molecule has 0 unspecified atom stereocenters. The Bertz CT molecular complexity index is 728. The van der Waals surface area contributed by atoms with Gasteiger partial charge in [-0.1, -0.05) is 23.2 Å². The first-order valence-electron chi connectivity index (χ1n) is 6.31. The largest absolute Gasteiger partial charge is 0.366 e. The number of Topliss-reactive ketones (excluding diaryl/α,β-unsaturated/α-hetero) is 1. The Balaban J connectivity index is 1.92. The SMILES string of the molecule is Cc1nn(C)cc1C(=O)ONCC(=O)c1ccc(Cl)cc1Cl. The van der Waals surface area contributed by atoms with Crippen LogP contribution in [0.5, 0.6) is 0 Å². The molecule has 1 heterocycles. The molecule has 0 aliphatic carbocycles. The van der Waals surface area contributed by atoms with E-state index in [4.69, 9.17) is 28.0 Å². The number of nitrogens with zero attached hydrogens (tertiary/aromatic N) is 2. The highest BCUT2D eigenvalue weighted by Gasteiger charge is 2.16. The van der Waals surface area contributed by atoms with Crippen LogP contribution < -0.4 is 5.48 Å². The van der Waals surface area contributed by atoms with Gasteiger partial charge >= 0.3 is 5.97 Å². The van der Waals surface area contributed by atoms with Crippen LogP contribution in [-0.2, 0) is 11.9 Å². The third-order valence-corrected chi connectivity index (χ3v) is 3.41. The van der Waals surface area contributed by atoms with Crippen LogP contribution in [-0.4, -0.2) is 28.1 Å². The minimum atomic E-state index is -0.611. The maximum absolute atomic E-state index is 12.0. The number of aryl methyl sites for hydroxylation is 2. The molecule has 0 saturated carbocycles. The Kier molecular flexibility index (Phi) is 5.18. The smallest absolute Gasteiger partial charge is 0.360 e. The number of nitrogens with one attached hydrogen (secondary N) is 1. The molecule has 0 bridgehead atoms. The van der Waals surface area contributed by atoms with Gasteiger partial charge in [0.05, 0.1) is 17.3 Å². The number of ketones is 1. The van der Waals surface area contributed by atoms with Gasteiger partial charge in [0.2, 0.25) is 0 Å².